The molecule has 11 heteroatoms. The average molecular weight is 489 g/mol. The number of nitrogens with zero attached hydrogens (tertiary/aromatic N) is 6. The number of rotatable bonds is 3. The quantitative estimate of drug-likeness (QED) is 0.423. The number of halogens is 1. The lowest BCUT2D eigenvalue weighted by Crippen LogP contribution is -2.45. The van der Waals surface area contributed by atoms with Crippen LogP contribution in [0.1, 0.15) is 30.1 Å². The van der Waals surface area contributed by atoms with Gasteiger partial charge < -0.3 is 16.4 Å². The SMILES string of the molecule is [B]c1cnc2c(Sc3ccnc(N)c3Cl)cnc(N3CCC4(CC3)Cc3ncccc3C4N)n12. The Morgan fingerprint density at radius 2 is 1.88 bits per heavy atom. The van der Waals surface area contributed by atoms with Gasteiger partial charge in [0.25, 0.3) is 0 Å². The number of aromatic nitrogens is 5. The van der Waals surface area contributed by atoms with Crippen molar-refractivity contribution in [3.8, 4) is 0 Å². The predicted molar refractivity (Wildman–Crippen MR) is 135 cm³/mol. The molecule has 0 aromatic carbocycles. The molecule has 2 radical (unpaired) electrons. The smallest absolute Gasteiger partial charge is 0.210 e. The Hall–Kier alpha value is -2.82. The van der Waals surface area contributed by atoms with Gasteiger partial charge in [-0.05, 0) is 48.0 Å². The third kappa shape index (κ3) is 3.35. The zero-order valence-electron chi connectivity index (χ0n) is 18.4. The average Bonchev–Trinajstić information content (AvgIpc) is 3.36. The molecule has 1 saturated heterocycles. The van der Waals surface area contributed by atoms with Crippen molar-refractivity contribution in [1.29, 1.82) is 0 Å². The van der Waals surface area contributed by atoms with Gasteiger partial charge in [-0.15, -0.1) is 0 Å². The summed E-state index contributed by atoms with van der Waals surface area (Å²) in [5, 5.41) is 0.416. The minimum Gasteiger partial charge on any atom is -0.382 e. The van der Waals surface area contributed by atoms with Crippen LogP contribution in [-0.4, -0.2) is 45.3 Å². The van der Waals surface area contributed by atoms with Crippen LogP contribution in [0.25, 0.3) is 5.65 Å². The van der Waals surface area contributed by atoms with Gasteiger partial charge in [-0.3, -0.25) is 9.38 Å². The largest absolute Gasteiger partial charge is 0.382 e. The van der Waals surface area contributed by atoms with E-state index in [2.05, 4.69) is 25.9 Å². The molecule has 0 saturated carbocycles. The Balaban J connectivity index is 1.29. The maximum Gasteiger partial charge on any atom is 0.210 e. The third-order valence-electron chi connectivity index (χ3n) is 7.09. The van der Waals surface area contributed by atoms with Crippen LogP contribution >= 0.6 is 23.4 Å². The molecular formula is C23H22BClN8S. The third-order valence-corrected chi connectivity index (χ3v) is 8.67. The van der Waals surface area contributed by atoms with E-state index in [0.29, 0.717) is 16.4 Å². The number of hydrogen-bond acceptors (Lipinski definition) is 8. The second kappa shape index (κ2) is 8.14. The highest BCUT2D eigenvalue weighted by Gasteiger charge is 2.46. The molecule has 1 unspecified atom stereocenters. The highest BCUT2D eigenvalue weighted by atomic mass is 35.5. The predicted octanol–water partition coefficient (Wildman–Crippen LogP) is 2.54. The van der Waals surface area contributed by atoms with Crippen LogP contribution in [0.5, 0.6) is 0 Å². The molecule has 1 fully saturated rings. The Morgan fingerprint density at radius 3 is 2.68 bits per heavy atom. The number of piperidine rings is 1. The first-order valence-corrected chi connectivity index (χ1v) is 12.3. The van der Waals surface area contributed by atoms with E-state index in [1.807, 2.05) is 28.9 Å². The van der Waals surface area contributed by atoms with Gasteiger partial charge in [-0.2, -0.15) is 0 Å². The molecule has 4 N–H and O–H groups in total. The first kappa shape index (κ1) is 21.7. The van der Waals surface area contributed by atoms with E-state index in [4.69, 9.17) is 35.9 Å². The minimum absolute atomic E-state index is 0.0148. The van der Waals surface area contributed by atoms with Crippen molar-refractivity contribution in [2.45, 2.75) is 35.1 Å². The highest BCUT2D eigenvalue weighted by Crippen LogP contribution is 2.50. The Morgan fingerprint density at radius 1 is 1.06 bits per heavy atom. The van der Waals surface area contributed by atoms with Gasteiger partial charge in [-0.25, -0.2) is 15.0 Å². The van der Waals surface area contributed by atoms with Crippen molar-refractivity contribution >= 4 is 54.2 Å². The lowest BCUT2D eigenvalue weighted by molar-refractivity contribution is 0.186. The molecule has 5 heterocycles. The van der Waals surface area contributed by atoms with E-state index in [1.165, 1.54) is 17.3 Å². The Kier molecular flexibility index (Phi) is 5.20. The zero-order chi connectivity index (χ0) is 23.4. The van der Waals surface area contributed by atoms with Gasteiger partial charge in [-0.1, -0.05) is 29.4 Å². The van der Waals surface area contributed by atoms with E-state index < -0.39 is 0 Å². The molecule has 8 nitrogen and oxygen atoms in total. The normalized spacial score (nSPS) is 19.1. The van der Waals surface area contributed by atoms with Crippen LogP contribution in [0.4, 0.5) is 11.8 Å². The second-order valence-corrected chi connectivity index (χ2v) is 10.4. The molecule has 4 aromatic rings. The molecule has 0 bridgehead atoms. The molecule has 0 amide bonds. The fraction of sp³-hybridized carbons (Fsp3) is 0.304. The van der Waals surface area contributed by atoms with Crippen molar-refractivity contribution in [3.05, 3.63) is 59.3 Å². The van der Waals surface area contributed by atoms with E-state index >= 15 is 0 Å². The fourth-order valence-electron chi connectivity index (χ4n) is 5.21. The van der Waals surface area contributed by atoms with E-state index in [1.54, 1.807) is 12.4 Å². The molecular weight excluding hydrogens is 467 g/mol. The van der Waals surface area contributed by atoms with E-state index in [-0.39, 0.29) is 11.5 Å². The number of pyridine rings is 2. The fourth-order valence-corrected chi connectivity index (χ4v) is 6.34. The molecule has 1 atom stereocenters. The molecule has 6 rings (SSSR count). The molecule has 170 valence electrons. The summed E-state index contributed by atoms with van der Waals surface area (Å²) in [6, 6.07) is 5.93. The summed E-state index contributed by atoms with van der Waals surface area (Å²) in [6.07, 6.45) is 9.83. The highest BCUT2D eigenvalue weighted by molar-refractivity contribution is 7.99. The van der Waals surface area contributed by atoms with Crippen LogP contribution in [0.15, 0.2) is 52.8 Å². The molecule has 1 aliphatic carbocycles. The van der Waals surface area contributed by atoms with Crippen LogP contribution < -0.4 is 22.0 Å². The molecule has 1 spiro atoms. The Bertz CT molecular complexity index is 1400. The lowest BCUT2D eigenvalue weighted by Gasteiger charge is -2.42. The van der Waals surface area contributed by atoms with Crippen LogP contribution in [-0.2, 0) is 6.42 Å². The summed E-state index contributed by atoms with van der Waals surface area (Å²) in [6.45, 7) is 1.67. The summed E-state index contributed by atoms with van der Waals surface area (Å²) >= 11 is 7.79. The molecule has 2 aliphatic rings. The van der Waals surface area contributed by atoms with Crippen molar-refractivity contribution in [2.24, 2.45) is 11.1 Å². The Labute approximate surface area is 207 Å². The molecule has 4 aromatic heterocycles. The molecule has 34 heavy (non-hydrogen) atoms. The summed E-state index contributed by atoms with van der Waals surface area (Å²) in [7, 11) is 6.34. The zero-order valence-corrected chi connectivity index (χ0v) is 19.9. The van der Waals surface area contributed by atoms with Gasteiger partial charge in [0.05, 0.1) is 9.92 Å². The number of anilines is 2. The van der Waals surface area contributed by atoms with Gasteiger partial charge in [0, 0.05) is 54.5 Å². The first-order chi connectivity index (χ1) is 16.5. The topological polar surface area (TPSA) is 111 Å². The van der Waals surface area contributed by atoms with Gasteiger partial charge in [0.15, 0.2) is 5.65 Å². The number of imidazole rings is 1. The number of hydrogen-bond donors (Lipinski definition) is 2. The minimum atomic E-state index is 0.0148. The molecule has 1 aliphatic heterocycles. The van der Waals surface area contributed by atoms with E-state index in [0.717, 1.165) is 59.4 Å². The first-order valence-electron chi connectivity index (χ1n) is 11.1. The summed E-state index contributed by atoms with van der Waals surface area (Å²) in [5.74, 6) is 1.08. The van der Waals surface area contributed by atoms with Crippen molar-refractivity contribution < 1.29 is 0 Å². The lowest BCUT2D eigenvalue weighted by atomic mass is 9.73. The summed E-state index contributed by atoms with van der Waals surface area (Å²) in [4.78, 5) is 21.9. The van der Waals surface area contributed by atoms with Gasteiger partial charge in [0.2, 0.25) is 5.95 Å². The van der Waals surface area contributed by atoms with Crippen molar-refractivity contribution in [3.63, 3.8) is 0 Å². The monoisotopic (exact) mass is 488 g/mol. The second-order valence-electron chi connectivity index (χ2n) is 8.92. The summed E-state index contributed by atoms with van der Waals surface area (Å²) < 4.78 is 1.91. The standard InChI is InChI=1S/C23H22BClN8S/c24-17-12-30-21-16(34-15-3-7-29-20(27)18(15)25)11-31-22(33(17)21)32-8-4-23(5-9-32)10-14-13(19(23)26)2-1-6-28-14/h1-3,6-7,11-12,19H,4-5,8-10,26H2,(H2,27,29). The summed E-state index contributed by atoms with van der Waals surface area (Å²) in [5.41, 5.74) is 16.2. The van der Waals surface area contributed by atoms with Crippen LogP contribution in [0.3, 0.4) is 0 Å². The maximum absolute atomic E-state index is 6.72. The van der Waals surface area contributed by atoms with E-state index in [9.17, 15) is 0 Å². The maximum atomic E-state index is 6.72. The van der Waals surface area contributed by atoms with Gasteiger partial charge in [0.1, 0.15) is 13.7 Å². The number of nitrogen functional groups attached to an aromatic ring is 1. The van der Waals surface area contributed by atoms with Crippen LogP contribution in [0.2, 0.25) is 5.02 Å². The number of nitrogens with two attached hydrogens (primary N) is 2. The number of fused-ring (bicyclic) bond motifs is 2. The van der Waals surface area contributed by atoms with Crippen molar-refractivity contribution in [1.82, 2.24) is 24.3 Å². The van der Waals surface area contributed by atoms with Crippen molar-refractivity contribution in [2.75, 3.05) is 23.7 Å². The van der Waals surface area contributed by atoms with Gasteiger partial charge >= 0.3 is 0 Å². The van der Waals surface area contributed by atoms with Crippen LogP contribution in [0, 0.1) is 5.41 Å².